The molecule has 0 radical (unpaired) electrons. The smallest absolute Gasteiger partial charge is 0.169 e. The van der Waals surface area contributed by atoms with Crippen molar-refractivity contribution in [3.63, 3.8) is 0 Å². The minimum absolute atomic E-state index is 0.00487. The van der Waals surface area contributed by atoms with Crippen molar-refractivity contribution in [1.82, 2.24) is 10.2 Å². The van der Waals surface area contributed by atoms with Crippen LogP contribution in [-0.2, 0) is 14.6 Å². The molecule has 1 heterocycles. The summed E-state index contributed by atoms with van der Waals surface area (Å²) in [6, 6.07) is 0.114. The van der Waals surface area contributed by atoms with E-state index in [2.05, 4.69) is 5.32 Å². The molecule has 100 valence electrons. The largest absolute Gasteiger partial charge is 0.383 e. The molecule has 1 aliphatic heterocycles. The van der Waals surface area contributed by atoms with Crippen LogP contribution in [0.25, 0.3) is 0 Å². The molecule has 0 aliphatic carbocycles. The molecule has 5 nitrogen and oxygen atoms in total. The van der Waals surface area contributed by atoms with Gasteiger partial charge in [-0.05, 0) is 25.6 Å². The van der Waals surface area contributed by atoms with Crippen LogP contribution in [0, 0.1) is 0 Å². The second-order valence-corrected chi connectivity index (χ2v) is 7.09. The molecule has 17 heavy (non-hydrogen) atoms. The summed E-state index contributed by atoms with van der Waals surface area (Å²) in [4.78, 5) is 1.84. The fourth-order valence-electron chi connectivity index (χ4n) is 1.85. The van der Waals surface area contributed by atoms with Gasteiger partial charge in [-0.25, -0.2) is 8.42 Å². The lowest BCUT2D eigenvalue weighted by molar-refractivity contribution is 0.177. The van der Waals surface area contributed by atoms with E-state index in [9.17, 15) is 8.42 Å². The standard InChI is InChI=1S/C10H20N2O3S2/c1-8(6-15-3)11-10(16)12(2)9-4-5-17(13,14)7-9/h8-9H,4-7H2,1-3H3,(H,11,16). The SMILES string of the molecule is COCC(C)NC(=S)N(C)C1CCS(=O)(=O)C1. The summed E-state index contributed by atoms with van der Waals surface area (Å²) in [6.45, 7) is 2.53. The van der Waals surface area contributed by atoms with Crippen molar-refractivity contribution in [2.24, 2.45) is 0 Å². The molecule has 1 fully saturated rings. The number of thiocarbonyl (C=S) groups is 1. The molecule has 0 saturated carbocycles. The number of hydrogen-bond donors (Lipinski definition) is 1. The monoisotopic (exact) mass is 280 g/mol. The number of sulfone groups is 1. The van der Waals surface area contributed by atoms with Gasteiger partial charge in [0.25, 0.3) is 0 Å². The van der Waals surface area contributed by atoms with E-state index in [1.54, 1.807) is 7.11 Å². The molecule has 1 saturated heterocycles. The maximum atomic E-state index is 11.4. The number of nitrogens with one attached hydrogen (secondary N) is 1. The Morgan fingerprint density at radius 1 is 1.65 bits per heavy atom. The molecule has 0 spiro atoms. The summed E-state index contributed by atoms with van der Waals surface area (Å²) in [7, 11) is 0.601. The summed E-state index contributed by atoms with van der Waals surface area (Å²) in [6.07, 6.45) is 0.652. The molecule has 0 amide bonds. The van der Waals surface area contributed by atoms with Crippen LogP contribution in [0.1, 0.15) is 13.3 Å². The first kappa shape index (κ1) is 14.7. The van der Waals surface area contributed by atoms with Crippen molar-refractivity contribution in [1.29, 1.82) is 0 Å². The highest BCUT2D eigenvalue weighted by Crippen LogP contribution is 2.16. The Hall–Kier alpha value is -0.400. The van der Waals surface area contributed by atoms with Crippen molar-refractivity contribution in [2.45, 2.75) is 25.4 Å². The highest BCUT2D eigenvalue weighted by atomic mass is 32.2. The molecule has 0 aromatic carbocycles. The van der Waals surface area contributed by atoms with Gasteiger partial charge in [0.15, 0.2) is 14.9 Å². The van der Waals surface area contributed by atoms with Gasteiger partial charge in [-0.15, -0.1) is 0 Å². The van der Waals surface area contributed by atoms with E-state index in [0.29, 0.717) is 18.1 Å². The first-order valence-electron chi connectivity index (χ1n) is 5.58. The van der Waals surface area contributed by atoms with Gasteiger partial charge < -0.3 is 15.0 Å². The van der Waals surface area contributed by atoms with Crippen molar-refractivity contribution < 1.29 is 13.2 Å². The van der Waals surface area contributed by atoms with E-state index in [4.69, 9.17) is 17.0 Å². The normalized spacial score (nSPS) is 24.3. The molecule has 1 aliphatic rings. The van der Waals surface area contributed by atoms with Gasteiger partial charge in [-0.1, -0.05) is 0 Å². The van der Waals surface area contributed by atoms with Crippen LogP contribution in [0.15, 0.2) is 0 Å². The predicted octanol–water partition coefficient (Wildman–Crippen LogP) is 0.0147. The summed E-state index contributed by atoms with van der Waals surface area (Å²) in [5, 5.41) is 3.70. The van der Waals surface area contributed by atoms with Gasteiger partial charge in [0.2, 0.25) is 0 Å². The highest BCUT2D eigenvalue weighted by molar-refractivity contribution is 7.91. The number of rotatable bonds is 4. The maximum absolute atomic E-state index is 11.4. The Labute approximate surface area is 108 Å². The number of methoxy groups -OCH3 is 1. The van der Waals surface area contributed by atoms with E-state index < -0.39 is 9.84 Å². The second-order valence-electron chi connectivity index (χ2n) is 4.47. The minimum atomic E-state index is -2.87. The zero-order chi connectivity index (χ0) is 13.1. The Morgan fingerprint density at radius 2 is 2.29 bits per heavy atom. The van der Waals surface area contributed by atoms with E-state index in [1.807, 2.05) is 18.9 Å². The highest BCUT2D eigenvalue weighted by Gasteiger charge is 2.31. The molecular weight excluding hydrogens is 260 g/mol. The van der Waals surface area contributed by atoms with Crippen LogP contribution in [0.2, 0.25) is 0 Å². The molecule has 0 aromatic rings. The van der Waals surface area contributed by atoms with Gasteiger partial charge in [0.05, 0.1) is 18.1 Å². The van der Waals surface area contributed by atoms with Crippen molar-refractivity contribution >= 4 is 27.2 Å². The van der Waals surface area contributed by atoms with Crippen LogP contribution in [-0.4, -0.2) is 62.8 Å². The van der Waals surface area contributed by atoms with Crippen LogP contribution in [0.3, 0.4) is 0 Å². The molecule has 1 N–H and O–H groups in total. The zero-order valence-electron chi connectivity index (χ0n) is 10.5. The van der Waals surface area contributed by atoms with Gasteiger partial charge >= 0.3 is 0 Å². The summed E-state index contributed by atoms with van der Waals surface area (Å²) in [5.74, 6) is 0.461. The Morgan fingerprint density at radius 3 is 2.76 bits per heavy atom. The molecule has 2 unspecified atom stereocenters. The fraction of sp³-hybridized carbons (Fsp3) is 0.900. The number of nitrogens with zero attached hydrogens (tertiary/aromatic N) is 1. The third kappa shape index (κ3) is 4.40. The zero-order valence-corrected chi connectivity index (χ0v) is 12.1. The van der Waals surface area contributed by atoms with Crippen molar-refractivity contribution in [2.75, 3.05) is 32.3 Å². The van der Waals surface area contributed by atoms with Crippen LogP contribution < -0.4 is 5.32 Å². The first-order chi connectivity index (χ1) is 7.85. The number of hydrogen-bond acceptors (Lipinski definition) is 4. The van der Waals surface area contributed by atoms with E-state index in [-0.39, 0.29) is 23.6 Å². The fourth-order valence-corrected chi connectivity index (χ4v) is 3.98. The third-order valence-corrected chi connectivity index (χ3v) is 5.02. The quantitative estimate of drug-likeness (QED) is 0.732. The molecule has 0 bridgehead atoms. The van der Waals surface area contributed by atoms with Crippen molar-refractivity contribution in [3.05, 3.63) is 0 Å². The molecule has 0 aromatic heterocycles. The first-order valence-corrected chi connectivity index (χ1v) is 7.81. The maximum Gasteiger partial charge on any atom is 0.169 e. The predicted molar refractivity (Wildman–Crippen MR) is 71.9 cm³/mol. The molecule has 2 atom stereocenters. The van der Waals surface area contributed by atoms with E-state index in [1.165, 1.54) is 0 Å². The molecular formula is C10H20N2O3S2. The average molecular weight is 280 g/mol. The summed E-state index contributed by atoms with van der Waals surface area (Å²) in [5.41, 5.74) is 0. The van der Waals surface area contributed by atoms with Crippen LogP contribution in [0.4, 0.5) is 0 Å². The second kappa shape index (κ2) is 5.97. The third-order valence-electron chi connectivity index (χ3n) is 2.86. The Bertz CT molecular complexity index is 370. The van der Waals surface area contributed by atoms with Crippen LogP contribution in [0.5, 0.6) is 0 Å². The number of ether oxygens (including phenoxy) is 1. The summed E-state index contributed by atoms with van der Waals surface area (Å²) < 4.78 is 27.8. The Balaban J connectivity index is 2.47. The summed E-state index contributed by atoms with van der Waals surface area (Å²) >= 11 is 5.24. The molecule has 7 heteroatoms. The molecule has 1 rings (SSSR count). The average Bonchev–Trinajstić information content (AvgIpc) is 2.58. The topological polar surface area (TPSA) is 58.6 Å². The van der Waals surface area contributed by atoms with Gasteiger partial charge in [0.1, 0.15) is 0 Å². The van der Waals surface area contributed by atoms with E-state index >= 15 is 0 Å². The lowest BCUT2D eigenvalue weighted by Gasteiger charge is -2.28. The van der Waals surface area contributed by atoms with E-state index in [0.717, 1.165) is 0 Å². The lowest BCUT2D eigenvalue weighted by atomic mass is 10.2. The van der Waals surface area contributed by atoms with Gasteiger partial charge in [-0.2, -0.15) is 0 Å². The lowest BCUT2D eigenvalue weighted by Crippen LogP contribution is -2.47. The van der Waals surface area contributed by atoms with Gasteiger partial charge in [-0.3, -0.25) is 0 Å². The van der Waals surface area contributed by atoms with Crippen molar-refractivity contribution in [3.8, 4) is 0 Å². The Kier molecular flexibility index (Phi) is 5.15. The van der Waals surface area contributed by atoms with Gasteiger partial charge in [0, 0.05) is 26.2 Å². The van der Waals surface area contributed by atoms with Crippen LogP contribution >= 0.6 is 12.2 Å². The minimum Gasteiger partial charge on any atom is -0.383 e.